The number of ether oxygens (including phenoxy) is 2. The zero-order valence-electron chi connectivity index (χ0n) is 12.9. The lowest BCUT2D eigenvalue weighted by molar-refractivity contribution is -0.143. The second-order valence-corrected chi connectivity index (χ2v) is 4.71. The number of carbonyl (C=O) groups excluding carboxylic acids is 1. The summed E-state index contributed by atoms with van der Waals surface area (Å²) in [6, 6.07) is 0. The summed E-state index contributed by atoms with van der Waals surface area (Å²) in [4.78, 5) is 40.6. The molecular formula is C14H17N3O5. The Morgan fingerprint density at radius 2 is 2.05 bits per heavy atom. The summed E-state index contributed by atoms with van der Waals surface area (Å²) < 4.78 is 12.1. The van der Waals surface area contributed by atoms with Gasteiger partial charge in [-0.15, -0.1) is 0 Å². The lowest BCUT2D eigenvalue weighted by atomic mass is 10.2. The highest BCUT2D eigenvalue weighted by Crippen LogP contribution is 2.23. The average molecular weight is 307 g/mol. The zero-order chi connectivity index (χ0) is 16.4. The molecule has 0 bridgehead atoms. The smallest absolute Gasteiger partial charge is 0.332 e. The van der Waals surface area contributed by atoms with Crippen LogP contribution in [0.25, 0.3) is 11.0 Å². The number of nitrogens with zero attached hydrogens (tertiary/aromatic N) is 3. The molecule has 8 heteroatoms. The molecule has 0 saturated heterocycles. The number of fused-ring (bicyclic) bond motifs is 1. The minimum absolute atomic E-state index is 0.161. The van der Waals surface area contributed by atoms with Crippen LogP contribution in [0.1, 0.15) is 12.5 Å². The lowest BCUT2D eigenvalue weighted by Gasteiger charge is -2.13. The first kappa shape index (κ1) is 15.7. The number of carbonyl (C=O) groups is 1. The zero-order valence-corrected chi connectivity index (χ0v) is 12.9. The van der Waals surface area contributed by atoms with Crippen molar-refractivity contribution < 1.29 is 14.3 Å². The van der Waals surface area contributed by atoms with Gasteiger partial charge in [0.25, 0.3) is 5.56 Å². The van der Waals surface area contributed by atoms with E-state index >= 15 is 0 Å². The van der Waals surface area contributed by atoms with E-state index in [9.17, 15) is 14.4 Å². The van der Waals surface area contributed by atoms with Gasteiger partial charge in [-0.3, -0.25) is 14.2 Å². The number of rotatable bonds is 4. The van der Waals surface area contributed by atoms with Crippen LogP contribution in [-0.4, -0.2) is 33.8 Å². The molecule has 8 nitrogen and oxygen atoms in total. The molecule has 0 aliphatic rings. The van der Waals surface area contributed by atoms with Crippen molar-refractivity contribution in [3.05, 3.63) is 32.6 Å². The summed E-state index contributed by atoms with van der Waals surface area (Å²) in [5.41, 5.74) is -0.394. The number of esters is 1. The summed E-state index contributed by atoms with van der Waals surface area (Å²) in [5.74, 6) is -0.316. The fraction of sp³-hybridized carbons (Fsp3) is 0.429. The van der Waals surface area contributed by atoms with Gasteiger partial charge in [-0.2, -0.15) is 0 Å². The Labute approximate surface area is 125 Å². The molecule has 0 amide bonds. The van der Waals surface area contributed by atoms with Crippen LogP contribution in [-0.2, 0) is 23.1 Å². The molecule has 22 heavy (non-hydrogen) atoms. The largest absolute Gasteiger partial charge is 0.495 e. The highest BCUT2D eigenvalue weighted by Gasteiger charge is 2.19. The SMILES string of the molecule is CCOC(=O)Cn1c(=O)c2c(OC)c(C)cnc2n(C)c1=O. The van der Waals surface area contributed by atoms with Crippen LogP contribution in [0.2, 0.25) is 0 Å². The number of pyridine rings is 1. The van der Waals surface area contributed by atoms with E-state index in [1.54, 1.807) is 13.8 Å². The summed E-state index contributed by atoms with van der Waals surface area (Å²) in [6.07, 6.45) is 1.52. The molecule has 0 saturated carbocycles. The van der Waals surface area contributed by atoms with Gasteiger partial charge < -0.3 is 9.47 Å². The van der Waals surface area contributed by atoms with Crippen LogP contribution in [0.3, 0.4) is 0 Å². The van der Waals surface area contributed by atoms with E-state index < -0.39 is 23.8 Å². The molecule has 0 atom stereocenters. The average Bonchev–Trinajstić information content (AvgIpc) is 2.49. The van der Waals surface area contributed by atoms with Crippen LogP contribution >= 0.6 is 0 Å². The molecule has 0 spiro atoms. The molecule has 2 aromatic heterocycles. The van der Waals surface area contributed by atoms with Crippen LogP contribution < -0.4 is 16.0 Å². The summed E-state index contributed by atoms with van der Waals surface area (Å²) in [5, 5.41) is 0.161. The van der Waals surface area contributed by atoms with Crippen LogP contribution in [0, 0.1) is 6.92 Å². The number of aromatic nitrogens is 3. The maximum atomic E-state index is 12.6. The van der Waals surface area contributed by atoms with Crippen LogP contribution in [0.4, 0.5) is 0 Å². The maximum absolute atomic E-state index is 12.6. The number of methoxy groups -OCH3 is 1. The van der Waals surface area contributed by atoms with Crippen molar-refractivity contribution >= 4 is 17.0 Å². The monoisotopic (exact) mass is 307 g/mol. The van der Waals surface area contributed by atoms with Crippen molar-refractivity contribution in [2.24, 2.45) is 7.05 Å². The molecule has 0 aliphatic heterocycles. The van der Waals surface area contributed by atoms with Crippen molar-refractivity contribution in [2.75, 3.05) is 13.7 Å². The molecule has 0 unspecified atom stereocenters. The minimum Gasteiger partial charge on any atom is -0.495 e. The standard InChI is InChI=1S/C14H17N3O5/c1-5-22-9(18)7-17-13(19)10-11(21-4)8(2)6-15-12(10)16(3)14(17)20/h6H,5,7H2,1-4H3. The normalized spacial score (nSPS) is 10.7. The van der Waals surface area contributed by atoms with Gasteiger partial charge in [0.05, 0.1) is 13.7 Å². The van der Waals surface area contributed by atoms with E-state index in [1.807, 2.05) is 0 Å². The molecule has 118 valence electrons. The molecule has 2 rings (SSSR count). The Bertz CT molecular complexity index is 850. The predicted molar refractivity (Wildman–Crippen MR) is 79.2 cm³/mol. The second-order valence-electron chi connectivity index (χ2n) is 4.71. The van der Waals surface area contributed by atoms with E-state index in [4.69, 9.17) is 9.47 Å². The third-order valence-electron chi connectivity index (χ3n) is 3.28. The Morgan fingerprint density at radius 1 is 1.36 bits per heavy atom. The highest BCUT2D eigenvalue weighted by atomic mass is 16.5. The summed E-state index contributed by atoms with van der Waals surface area (Å²) >= 11 is 0. The number of hydrogen-bond acceptors (Lipinski definition) is 6. The first-order valence-corrected chi connectivity index (χ1v) is 6.71. The molecule has 2 aromatic rings. The van der Waals surface area contributed by atoms with E-state index in [0.29, 0.717) is 11.3 Å². The highest BCUT2D eigenvalue weighted by molar-refractivity contribution is 5.82. The first-order chi connectivity index (χ1) is 10.4. The topological polar surface area (TPSA) is 92.4 Å². The Hall–Kier alpha value is -2.64. The minimum atomic E-state index is -0.652. The Kier molecular flexibility index (Phi) is 4.30. The van der Waals surface area contributed by atoms with Crippen LogP contribution in [0.15, 0.2) is 15.8 Å². The third kappa shape index (κ3) is 2.47. The van der Waals surface area contributed by atoms with E-state index in [1.165, 1.54) is 24.9 Å². The first-order valence-electron chi connectivity index (χ1n) is 6.71. The van der Waals surface area contributed by atoms with Crippen molar-refractivity contribution in [3.8, 4) is 5.75 Å². The van der Waals surface area contributed by atoms with E-state index in [-0.39, 0.29) is 17.6 Å². The number of aryl methyl sites for hydroxylation is 2. The number of hydrogen-bond donors (Lipinski definition) is 0. The van der Waals surface area contributed by atoms with Gasteiger partial charge in [-0.1, -0.05) is 0 Å². The predicted octanol–water partition coefficient (Wildman–Crippen LogP) is -0.0247. The molecule has 0 aliphatic carbocycles. The van der Waals surface area contributed by atoms with Gasteiger partial charge in [0.15, 0.2) is 5.65 Å². The van der Waals surface area contributed by atoms with Gasteiger partial charge in [0.1, 0.15) is 17.7 Å². The van der Waals surface area contributed by atoms with Gasteiger partial charge in [0, 0.05) is 18.8 Å². The van der Waals surface area contributed by atoms with E-state index in [2.05, 4.69) is 4.98 Å². The van der Waals surface area contributed by atoms with Gasteiger partial charge in [-0.05, 0) is 13.8 Å². The second kappa shape index (κ2) is 6.00. The molecule has 2 heterocycles. The van der Waals surface area contributed by atoms with Gasteiger partial charge in [0.2, 0.25) is 0 Å². The Morgan fingerprint density at radius 3 is 2.64 bits per heavy atom. The van der Waals surface area contributed by atoms with Gasteiger partial charge >= 0.3 is 11.7 Å². The molecular weight excluding hydrogens is 290 g/mol. The lowest BCUT2D eigenvalue weighted by Crippen LogP contribution is -2.41. The summed E-state index contributed by atoms with van der Waals surface area (Å²) in [7, 11) is 2.91. The molecule has 0 N–H and O–H groups in total. The maximum Gasteiger partial charge on any atom is 0.332 e. The van der Waals surface area contributed by atoms with Gasteiger partial charge in [-0.25, -0.2) is 14.3 Å². The molecule has 0 radical (unpaired) electrons. The fourth-order valence-electron chi connectivity index (χ4n) is 2.26. The van der Waals surface area contributed by atoms with Crippen molar-refractivity contribution in [1.82, 2.24) is 14.1 Å². The third-order valence-corrected chi connectivity index (χ3v) is 3.28. The quantitative estimate of drug-likeness (QED) is 0.737. The van der Waals surface area contributed by atoms with Crippen molar-refractivity contribution in [1.29, 1.82) is 0 Å². The summed E-state index contributed by atoms with van der Waals surface area (Å²) in [6.45, 7) is 3.11. The molecule has 0 fully saturated rings. The molecule has 0 aromatic carbocycles. The Balaban J connectivity index is 2.82. The van der Waals surface area contributed by atoms with Crippen molar-refractivity contribution in [3.63, 3.8) is 0 Å². The van der Waals surface area contributed by atoms with Crippen LogP contribution in [0.5, 0.6) is 5.75 Å². The van der Waals surface area contributed by atoms with E-state index in [0.717, 1.165) is 4.57 Å². The fourth-order valence-corrected chi connectivity index (χ4v) is 2.26. The van der Waals surface area contributed by atoms with Crippen molar-refractivity contribution in [2.45, 2.75) is 20.4 Å².